The minimum atomic E-state index is -0.368. The number of nitrogens with zero attached hydrogens (tertiary/aromatic N) is 2. The van der Waals surface area contributed by atoms with Crippen molar-refractivity contribution in [3.05, 3.63) is 59.7 Å². The van der Waals surface area contributed by atoms with Gasteiger partial charge in [-0.3, -0.25) is 9.59 Å². The van der Waals surface area contributed by atoms with Crippen LogP contribution >= 0.6 is 0 Å². The van der Waals surface area contributed by atoms with E-state index in [4.69, 9.17) is 5.26 Å². The lowest BCUT2D eigenvalue weighted by Crippen LogP contribution is -2.28. The van der Waals surface area contributed by atoms with Gasteiger partial charge < -0.3 is 10.2 Å². The highest BCUT2D eigenvalue weighted by Gasteiger charge is 2.35. The van der Waals surface area contributed by atoms with E-state index in [2.05, 4.69) is 18.3 Å². The van der Waals surface area contributed by atoms with Crippen molar-refractivity contribution in [3.63, 3.8) is 0 Å². The van der Waals surface area contributed by atoms with Gasteiger partial charge in [-0.2, -0.15) is 5.26 Å². The van der Waals surface area contributed by atoms with Crippen LogP contribution < -0.4 is 10.2 Å². The molecule has 1 fully saturated rings. The summed E-state index contributed by atoms with van der Waals surface area (Å²) in [6.45, 7) is 2.48. The highest BCUT2D eigenvalue weighted by molar-refractivity contribution is 6.03. The van der Waals surface area contributed by atoms with Gasteiger partial charge in [0.15, 0.2) is 0 Å². The first-order valence-corrected chi connectivity index (χ1v) is 8.76. The fourth-order valence-electron chi connectivity index (χ4n) is 3.09. The van der Waals surface area contributed by atoms with Crippen LogP contribution in [0.3, 0.4) is 0 Å². The van der Waals surface area contributed by atoms with Gasteiger partial charge in [-0.1, -0.05) is 31.2 Å². The molecule has 1 N–H and O–H groups in total. The summed E-state index contributed by atoms with van der Waals surface area (Å²) in [5, 5.41) is 11.6. The van der Waals surface area contributed by atoms with Gasteiger partial charge in [-0.25, -0.2) is 0 Å². The summed E-state index contributed by atoms with van der Waals surface area (Å²) < 4.78 is 0. The highest BCUT2D eigenvalue weighted by Crippen LogP contribution is 2.26. The Morgan fingerprint density at radius 3 is 2.42 bits per heavy atom. The van der Waals surface area contributed by atoms with E-state index in [-0.39, 0.29) is 24.2 Å². The molecule has 2 aromatic rings. The lowest BCUT2D eigenvalue weighted by atomic mass is 10.1. The average Bonchev–Trinajstić information content (AvgIpc) is 3.05. The number of carbonyl (C=O) groups is 2. The van der Waals surface area contributed by atoms with Crippen molar-refractivity contribution in [2.24, 2.45) is 5.92 Å². The third-order valence-corrected chi connectivity index (χ3v) is 4.66. The molecule has 0 aromatic heterocycles. The zero-order valence-electron chi connectivity index (χ0n) is 14.7. The van der Waals surface area contributed by atoms with Crippen molar-refractivity contribution < 1.29 is 9.59 Å². The summed E-state index contributed by atoms with van der Waals surface area (Å²) in [6, 6.07) is 17.2. The molecule has 2 aromatic carbocycles. The van der Waals surface area contributed by atoms with E-state index in [1.165, 1.54) is 5.56 Å². The van der Waals surface area contributed by atoms with Crippen LogP contribution in [0.1, 0.15) is 24.5 Å². The van der Waals surface area contributed by atoms with E-state index in [0.717, 1.165) is 17.7 Å². The van der Waals surface area contributed by atoms with Crippen LogP contribution in [0.4, 0.5) is 11.4 Å². The summed E-state index contributed by atoms with van der Waals surface area (Å²) in [6.07, 6.45) is 1.51. The molecule has 0 saturated carbocycles. The Balaban J connectivity index is 1.63. The molecular weight excluding hydrogens is 326 g/mol. The molecule has 1 aliphatic rings. The number of amides is 2. The molecule has 0 bridgehead atoms. The molecule has 5 nitrogen and oxygen atoms in total. The zero-order chi connectivity index (χ0) is 18.5. The molecule has 0 spiro atoms. The largest absolute Gasteiger partial charge is 0.326 e. The lowest BCUT2D eigenvalue weighted by molar-refractivity contribution is -0.122. The van der Waals surface area contributed by atoms with Gasteiger partial charge in [0.05, 0.1) is 18.4 Å². The van der Waals surface area contributed by atoms with E-state index in [9.17, 15) is 9.59 Å². The number of hydrogen-bond acceptors (Lipinski definition) is 3. The van der Waals surface area contributed by atoms with Crippen LogP contribution in [0.2, 0.25) is 0 Å². The van der Waals surface area contributed by atoms with Gasteiger partial charge in [0.1, 0.15) is 0 Å². The van der Waals surface area contributed by atoms with E-state index < -0.39 is 0 Å². The molecule has 1 atom stereocenters. The van der Waals surface area contributed by atoms with Crippen molar-refractivity contribution in [2.45, 2.75) is 26.2 Å². The smallest absolute Gasteiger partial charge is 0.229 e. The molecule has 0 unspecified atom stereocenters. The molecule has 1 aliphatic heterocycles. The number of nitriles is 1. The maximum absolute atomic E-state index is 12.5. The van der Waals surface area contributed by atoms with Crippen LogP contribution in [-0.2, 0) is 22.4 Å². The summed E-state index contributed by atoms with van der Waals surface area (Å²) in [4.78, 5) is 26.5. The predicted molar refractivity (Wildman–Crippen MR) is 101 cm³/mol. The molecule has 0 aliphatic carbocycles. The average molecular weight is 347 g/mol. The first-order chi connectivity index (χ1) is 12.6. The van der Waals surface area contributed by atoms with E-state index >= 15 is 0 Å². The maximum atomic E-state index is 12.5. The first kappa shape index (κ1) is 17.7. The number of anilines is 2. The molecule has 3 rings (SSSR count). The molecule has 1 heterocycles. The van der Waals surface area contributed by atoms with Gasteiger partial charge >= 0.3 is 0 Å². The Labute approximate surface area is 153 Å². The van der Waals surface area contributed by atoms with Gasteiger partial charge in [0, 0.05) is 24.3 Å². The van der Waals surface area contributed by atoms with E-state index in [1.54, 1.807) is 17.0 Å². The monoisotopic (exact) mass is 347 g/mol. The van der Waals surface area contributed by atoms with Gasteiger partial charge in [-0.05, 0) is 41.8 Å². The second-order valence-electron chi connectivity index (χ2n) is 6.45. The van der Waals surface area contributed by atoms with E-state index in [0.29, 0.717) is 18.7 Å². The fourth-order valence-corrected chi connectivity index (χ4v) is 3.09. The number of nitrogens with one attached hydrogen (secondary N) is 1. The van der Waals surface area contributed by atoms with Crippen molar-refractivity contribution in [1.82, 2.24) is 0 Å². The number of rotatable bonds is 5. The first-order valence-electron chi connectivity index (χ1n) is 8.76. The second-order valence-corrected chi connectivity index (χ2v) is 6.45. The van der Waals surface area contributed by atoms with Crippen LogP contribution in [0.5, 0.6) is 0 Å². The number of hydrogen-bond donors (Lipinski definition) is 1. The number of carbonyl (C=O) groups excluding carboxylic acids is 2. The van der Waals surface area contributed by atoms with E-state index in [1.807, 2.05) is 36.4 Å². The van der Waals surface area contributed by atoms with Crippen molar-refractivity contribution in [1.29, 1.82) is 5.26 Å². The van der Waals surface area contributed by atoms with Crippen molar-refractivity contribution in [2.75, 3.05) is 16.8 Å². The molecule has 0 radical (unpaired) electrons. The van der Waals surface area contributed by atoms with Crippen LogP contribution in [0.15, 0.2) is 48.5 Å². The molecule has 5 heteroatoms. The highest BCUT2D eigenvalue weighted by atomic mass is 16.2. The number of aryl methyl sites for hydroxylation is 1. The quantitative estimate of drug-likeness (QED) is 0.902. The van der Waals surface area contributed by atoms with Crippen molar-refractivity contribution in [3.8, 4) is 6.07 Å². The van der Waals surface area contributed by atoms with Gasteiger partial charge in [0.25, 0.3) is 0 Å². The zero-order valence-corrected chi connectivity index (χ0v) is 14.7. The van der Waals surface area contributed by atoms with Crippen molar-refractivity contribution >= 4 is 23.2 Å². The normalized spacial score (nSPS) is 16.4. The number of benzene rings is 2. The van der Waals surface area contributed by atoms with Crippen LogP contribution in [-0.4, -0.2) is 18.4 Å². The third-order valence-electron chi connectivity index (χ3n) is 4.66. The Morgan fingerprint density at radius 2 is 1.81 bits per heavy atom. The summed E-state index contributed by atoms with van der Waals surface area (Å²) in [5.74, 6) is -0.551. The topological polar surface area (TPSA) is 73.2 Å². The maximum Gasteiger partial charge on any atom is 0.229 e. The summed E-state index contributed by atoms with van der Waals surface area (Å²) in [5.41, 5.74) is 3.64. The van der Waals surface area contributed by atoms with Gasteiger partial charge in [-0.15, -0.1) is 0 Å². The Bertz CT molecular complexity index is 835. The molecule has 132 valence electrons. The summed E-state index contributed by atoms with van der Waals surface area (Å²) >= 11 is 0. The third kappa shape index (κ3) is 3.92. The fraction of sp³-hybridized carbons (Fsp3) is 0.286. The standard InChI is InChI=1S/C21H21N3O2/c1-2-15-5-9-19(10-6-15)24-14-17(13-20(24)25)21(26)23-18-7-3-16(4-8-18)11-12-22/h3-10,17H,2,11,13-14H2,1H3,(H,23,26)/t17-/m1/s1. The Hall–Kier alpha value is -3.13. The van der Waals surface area contributed by atoms with Crippen LogP contribution in [0, 0.1) is 17.2 Å². The molecular formula is C21H21N3O2. The summed E-state index contributed by atoms with van der Waals surface area (Å²) in [7, 11) is 0. The molecule has 1 saturated heterocycles. The minimum Gasteiger partial charge on any atom is -0.326 e. The van der Waals surface area contributed by atoms with Gasteiger partial charge in [0.2, 0.25) is 11.8 Å². The molecule has 2 amide bonds. The minimum absolute atomic E-state index is 0.0289. The SMILES string of the molecule is CCc1ccc(N2C[C@H](C(=O)Nc3ccc(CC#N)cc3)CC2=O)cc1. The second kappa shape index (κ2) is 7.83. The Kier molecular flexibility index (Phi) is 5.33. The lowest BCUT2D eigenvalue weighted by Gasteiger charge is -2.17. The van der Waals surface area contributed by atoms with Crippen LogP contribution in [0.25, 0.3) is 0 Å². The molecule has 26 heavy (non-hydrogen) atoms. The Morgan fingerprint density at radius 1 is 1.15 bits per heavy atom. The predicted octanol–water partition coefficient (Wildman–Crippen LogP) is 3.31.